The molecule has 4 N–H and O–H groups in total. The van der Waals surface area contributed by atoms with Crippen LogP contribution in [0.25, 0.3) is 0 Å². The maximum atomic E-state index is 12.0. The number of nitrogens with one attached hydrogen (secondary N) is 2. The minimum atomic E-state index is -0.691. The van der Waals surface area contributed by atoms with Crippen LogP contribution in [-0.2, 0) is 19.2 Å². The normalized spacial score (nSPS) is 11.0. The molecule has 0 spiro atoms. The van der Waals surface area contributed by atoms with E-state index in [9.17, 15) is 19.2 Å². The summed E-state index contributed by atoms with van der Waals surface area (Å²) in [6.45, 7) is 1.59. The molecular formula is C38H72N2O6. The fourth-order valence-electron chi connectivity index (χ4n) is 5.90. The van der Waals surface area contributed by atoms with E-state index in [0.717, 1.165) is 90.1 Å². The number of carbonyl (C=O) groups is 4. The standard InChI is InChI=1S/C38H72N2O6/c41-35(39-33-27-21-15-9-3-7-13-19-25-31-37(43)44)29-23-17-11-5-1-2-6-12-18-24-30-36(42)40-34-28-22-16-10-4-8-14-20-26-32-38(45)46/h1-34H2,(H,39,41)(H,40,42)(H,43,44)(H,45,46). The lowest BCUT2D eigenvalue weighted by molar-refractivity contribution is -0.138. The molecule has 0 rings (SSSR count). The molecule has 0 aromatic heterocycles. The van der Waals surface area contributed by atoms with Crippen molar-refractivity contribution < 1.29 is 29.4 Å². The molecule has 0 unspecified atom stereocenters. The first-order chi connectivity index (χ1) is 22.4. The molecule has 0 aliphatic carbocycles. The molecule has 0 fully saturated rings. The first-order valence-corrected chi connectivity index (χ1v) is 19.4. The molecule has 0 heterocycles. The Kier molecular flexibility index (Phi) is 34.1. The first kappa shape index (κ1) is 43.9. The van der Waals surface area contributed by atoms with Crippen LogP contribution in [0, 0.1) is 0 Å². The monoisotopic (exact) mass is 653 g/mol. The van der Waals surface area contributed by atoms with Crippen molar-refractivity contribution in [3.63, 3.8) is 0 Å². The highest BCUT2D eigenvalue weighted by molar-refractivity contribution is 5.76. The Balaban J connectivity index is 3.24. The van der Waals surface area contributed by atoms with Crippen molar-refractivity contribution in [3.05, 3.63) is 0 Å². The lowest BCUT2D eigenvalue weighted by Gasteiger charge is -2.06. The lowest BCUT2D eigenvalue weighted by Crippen LogP contribution is -2.23. The number of carboxylic acids is 2. The van der Waals surface area contributed by atoms with Crippen LogP contribution >= 0.6 is 0 Å². The summed E-state index contributed by atoms with van der Waals surface area (Å²) < 4.78 is 0. The average molecular weight is 653 g/mol. The highest BCUT2D eigenvalue weighted by Crippen LogP contribution is 2.14. The lowest BCUT2D eigenvalue weighted by atomic mass is 10.0. The van der Waals surface area contributed by atoms with Crippen LogP contribution < -0.4 is 10.6 Å². The molecular weight excluding hydrogens is 580 g/mol. The molecule has 0 bridgehead atoms. The Morgan fingerprint density at radius 3 is 0.717 bits per heavy atom. The van der Waals surface area contributed by atoms with Gasteiger partial charge in [-0.2, -0.15) is 0 Å². The topological polar surface area (TPSA) is 133 Å². The molecule has 0 aliphatic rings. The largest absolute Gasteiger partial charge is 0.481 e. The zero-order chi connectivity index (χ0) is 33.8. The predicted molar refractivity (Wildman–Crippen MR) is 189 cm³/mol. The number of rotatable bonds is 37. The second-order valence-corrected chi connectivity index (χ2v) is 13.4. The third-order valence-corrected chi connectivity index (χ3v) is 8.84. The van der Waals surface area contributed by atoms with E-state index in [0.29, 0.717) is 25.7 Å². The summed E-state index contributed by atoms with van der Waals surface area (Å²) >= 11 is 0. The van der Waals surface area contributed by atoms with Gasteiger partial charge in [0.15, 0.2) is 0 Å². The minimum Gasteiger partial charge on any atom is -0.481 e. The van der Waals surface area contributed by atoms with Crippen molar-refractivity contribution in [2.24, 2.45) is 0 Å². The maximum absolute atomic E-state index is 12.0. The molecule has 0 saturated heterocycles. The van der Waals surface area contributed by atoms with Gasteiger partial charge in [-0.25, -0.2) is 0 Å². The van der Waals surface area contributed by atoms with Crippen molar-refractivity contribution >= 4 is 23.8 Å². The molecule has 0 saturated carbocycles. The molecule has 2 amide bonds. The number of carboxylic acid groups (broad SMARTS) is 2. The highest BCUT2D eigenvalue weighted by atomic mass is 16.4. The van der Waals surface area contributed by atoms with E-state index in [-0.39, 0.29) is 11.8 Å². The molecule has 46 heavy (non-hydrogen) atoms. The summed E-state index contributed by atoms with van der Waals surface area (Å²) in [6, 6.07) is 0. The van der Waals surface area contributed by atoms with E-state index in [1.165, 1.54) is 103 Å². The van der Waals surface area contributed by atoms with Gasteiger partial charge in [0.2, 0.25) is 11.8 Å². The van der Waals surface area contributed by atoms with E-state index in [1.54, 1.807) is 0 Å². The van der Waals surface area contributed by atoms with Crippen LogP contribution in [0.15, 0.2) is 0 Å². The number of hydrogen-bond acceptors (Lipinski definition) is 4. The Labute approximate surface area is 282 Å². The number of unbranched alkanes of at least 4 members (excludes halogenated alkanes) is 25. The summed E-state index contributed by atoms with van der Waals surface area (Å²) in [7, 11) is 0. The van der Waals surface area contributed by atoms with E-state index in [2.05, 4.69) is 10.6 Å². The van der Waals surface area contributed by atoms with Crippen LogP contribution in [0.4, 0.5) is 0 Å². The molecule has 8 nitrogen and oxygen atoms in total. The molecule has 270 valence electrons. The van der Waals surface area contributed by atoms with Gasteiger partial charge in [-0.1, -0.05) is 141 Å². The fourth-order valence-corrected chi connectivity index (χ4v) is 5.90. The summed E-state index contributed by atoms with van der Waals surface area (Å²) in [4.78, 5) is 45.0. The quantitative estimate of drug-likeness (QED) is 0.0494. The van der Waals surface area contributed by atoms with Gasteiger partial charge >= 0.3 is 11.9 Å². The molecule has 0 radical (unpaired) electrons. The smallest absolute Gasteiger partial charge is 0.303 e. The maximum Gasteiger partial charge on any atom is 0.303 e. The Morgan fingerprint density at radius 1 is 0.283 bits per heavy atom. The van der Waals surface area contributed by atoms with Crippen molar-refractivity contribution in [2.75, 3.05) is 13.1 Å². The van der Waals surface area contributed by atoms with E-state index < -0.39 is 11.9 Å². The molecule has 8 heteroatoms. The predicted octanol–water partition coefficient (Wildman–Crippen LogP) is 9.87. The van der Waals surface area contributed by atoms with Gasteiger partial charge in [-0.05, 0) is 38.5 Å². The van der Waals surface area contributed by atoms with Gasteiger partial charge in [0.05, 0.1) is 0 Å². The molecule has 0 aromatic carbocycles. The van der Waals surface area contributed by atoms with Gasteiger partial charge in [0.25, 0.3) is 0 Å². The van der Waals surface area contributed by atoms with Crippen molar-refractivity contribution in [3.8, 4) is 0 Å². The SMILES string of the molecule is O=C(O)CCCCCCCCCCCNC(=O)CCCCCCCCCCCCC(=O)NCCCCCCCCCCCC(=O)O. The van der Waals surface area contributed by atoms with Crippen LogP contribution in [0.1, 0.15) is 205 Å². The summed E-state index contributed by atoms with van der Waals surface area (Å²) in [5.74, 6) is -0.992. The Bertz CT molecular complexity index is 670. The van der Waals surface area contributed by atoms with Crippen LogP contribution in [0.5, 0.6) is 0 Å². The fraction of sp³-hybridized carbons (Fsp3) is 0.895. The first-order valence-electron chi connectivity index (χ1n) is 19.4. The van der Waals surface area contributed by atoms with E-state index in [4.69, 9.17) is 10.2 Å². The second-order valence-electron chi connectivity index (χ2n) is 13.4. The third kappa shape index (κ3) is 38.1. The van der Waals surface area contributed by atoms with Gasteiger partial charge in [0.1, 0.15) is 0 Å². The van der Waals surface area contributed by atoms with Gasteiger partial charge in [-0.15, -0.1) is 0 Å². The van der Waals surface area contributed by atoms with Crippen LogP contribution in [0.2, 0.25) is 0 Å². The minimum absolute atomic E-state index is 0.195. The highest BCUT2D eigenvalue weighted by Gasteiger charge is 2.03. The number of hydrogen-bond donors (Lipinski definition) is 4. The number of carbonyl (C=O) groups excluding carboxylic acids is 2. The van der Waals surface area contributed by atoms with E-state index in [1.807, 2.05) is 0 Å². The summed E-state index contributed by atoms with van der Waals surface area (Å²) in [5.41, 5.74) is 0. The third-order valence-electron chi connectivity index (χ3n) is 8.84. The van der Waals surface area contributed by atoms with Gasteiger partial charge in [-0.3, -0.25) is 19.2 Å². The van der Waals surface area contributed by atoms with E-state index >= 15 is 0 Å². The zero-order valence-electron chi connectivity index (χ0n) is 29.6. The van der Waals surface area contributed by atoms with Crippen molar-refractivity contribution in [1.29, 1.82) is 0 Å². The summed E-state index contributed by atoms with van der Waals surface area (Å²) in [6.07, 6.45) is 33.7. The van der Waals surface area contributed by atoms with Crippen molar-refractivity contribution in [1.82, 2.24) is 10.6 Å². The zero-order valence-corrected chi connectivity index (χ0v) is 29.6. The van der Waals surface area contributed by atoms with Crippen LogP contribution in [0.3, 0.4) is 0 Å². The number of aliphatic carboxylic acids is 2. The molecule has 0 aliphatic heterocycles. The molecule has 0 aromatic rings. The summed E-state index contributed by atoms with van der Waals surface area (Å²) in [5, 5.41) is 23.4. The second kappa shape index (κ2) is 35.7. The Hall–Kier alpha value is -2.12. The van der Waals surface area contributed by atoms with Gasteiger partial charge in [0, 0.05) is 38.8 Å². The van der Waals surface area contributed by atoms with Crippen molar-refractivity contribution in [2.45, 2.75) is 205 Å². The number of amides is 2. The van der Waals surface area contributed by atoms with Crippen LogP contribution in [-0.4, -0.2) is 47.1 Å². The Morgan fingerprint density at radius 2 is 0.478 bits per heavy atom. The van der Waals surface area contributed by atoms with Gasteiger partial charge < -0.3 is 20.8 Å². The molecule has 0 atom stereocenters. The average Bonchev–Trinajstić information content (AvgIpc) is 3.02.